The third-order valence-corrected chi connectivity index (χ3v) is 3.64. The second kappa shape index (κ2) is 4.94. The van der Waals surface area contributed by atoms with E-state index in [4.69, 9.17) is 10.00 Å². The molecule has 0 aliphatic rings. The average Bonchev–Trinajstić information content (AvgIpc) is 2.90. The van der Waals surface area contributed by atoms with Crippen molar-refractivity contribution in [1.29, 1.82) is 5.26 Å². The Morgan fingerprint density at radius 2 is 2.10 bits per heavy atom. The van der Waals surface area contributed by atoms with E-state index in [0.29, 0.717) is 17.0 Å². The minimum atomic E-state index is 0.557. The molecule has 0 saturated carbocycles. The van der Waals surface area contributed by atoms with Crippen LogP contribution in [0.3, 0.4) is 0 Å². The first-order chi connectivity index (χ1) is 9.72. The number of benzene rings is 1. The highest BCUT2D eigenvalue weighted by molar-refractivity contribution is 9.10. The highest BCUT2D eigenvalue weighted by Gasteiger charge is 2.12. The lowest BCUT2D eigenvalue weighted by molar-refractivity contribution is 0.415. The van der Waals surface area contributed by atoms with Crippen molar-refractivity contribution in [2.75, 3.05) is 7.11 Å². The van der Waals surface area contributed by atoms with Crippen LogP contribution in [0.15, 0.2) is 41.0 Å². The van der Waals surface area contributed by atoms with Gasteiger partial charge in [0.1, 0.15) is 5.75 Å². The van der Waals surface area contributed by atoms with Crippen molar-refractivity contribution < 1.29 is 4.74 Å². The average molecular weight is 329 g/mol. The minimum Gasteiger partial charge on any atom is -0.497 e. The summed E-state index contributed by atoms with van der Waals surface area (Å²) in [7, 11) is 1.62. The Balaban J connectivity index is 2.22. The quantitative estimate of drug-likeness (QED) is 0.725. The molecular weight excluding hydrogens is 320 g/mol. The largest absolute Gasteiger partial charge is 0.497 e. The Morgan fingerprint density at radius 3 is 2.85 bits per heavy atom. The van der Waals surface area contributed by atoms with E-state index in [1.54, 1.807) is 25.4 Å². The summed E-state index contributed by atoms with van der Waals surface area (Å²) < 4.78 is 7.97. The smallest absolute Gasteiger partial charge is 0.169 e. The molecule has 20 heavy (non-hydrogen) atoms. The molecule has 0 spiro atoms. The molecular formula is C14H9BrN4O. The summed E-state index contributed by atoms with van der Waals surface area (Å²) in [5, 5.41) is 17.2. The Morgan fingerprint density at radius 1 is 1.25 bits per heavy atom. The summed E-state index contributed by atoms with van der Waals surface area (Å²) >= 11 is 3.51. The van der Waals surface area contributed by atoms with Crippen LogP contribution in [0.4, 0.5) is 0 Å². The van der Waals surface area contributed by atoms with Crippen LogP contribution in [0.2, 0.25) is 0 Å². The summed E-state index contributed by atoms with van der Waals surface area (Å²) in [6.45, 7) is 0. The first-order valence-electron chi connectivity index (χ1n) is 5.81. The maximum atomic E-state index is 8.90. The van der Waals surface area contributed by atoms with Gasteiger partial charge in [-0.25, -0.2) is 0 Å². The van der Waals surface area contributed by atoms with Gasteiger partial charge in [0.05, 0.1) is 18.7 Å². The Hall–Kier alpha value is -2.39. The van der Waals surface area contributed by atoms with Gasteiger partial charge in [-0.3, -0.25) is 4.40 Å². The maximum Gasteiger partial charge on any atom is 0.169 e. The fourth-order valence-electron chi connectivity index (χ4n) is 1.95. The van der Waals surface area contributed by atoms with E-state index in [2.05, 4.69) is 32.2 Å². The molecule has 0 atom stereocenters. The Bertz CT molecular complexity index is 835. The third kappa shape index (κ3) is 2.02. The molecule has 0 amide bonds. The maximum absolute atomic E-state index is 8.90. The Labute approximate surface area is 123 Å². The van der Waals surface area contributed by atoms with Crippen LogP contribution in [0.25, 0.3) is 17.0 Å². The van der Waals surface area contributed by atoms with E-state index in [-0.39, 0.29) is 0 Å². The van der Waals surface area contributed by atoms with E-state index in [9.17, 15) is 0 Å². The summed E-state index contributed by atoms with van der Waals surface area (Å²) in [5.41, 5.74) is 2.07. The third-order valence-electron chi connectivity index (χ3n) is 2.95. The molecule has 0 radical (unpaired) electrons. The van der Waals surface area contributed by atoms with Gasteiger partial charge in [0.25, 0.3) is 0 Å². The monoisotopic (exact) mass is 328 g/mol. The van der Waals surface area contributed by atoms with Crippen molar-refractivity contribution in [3.63, 3.8) is 0 Å². The van der Waals surface area contributed by atoms with E-state index >= 15 is 0 Å². The second-order valence-corrected chi connectivity index (χ2v) is 4.98. The summed E-state index contributed by atoms with van der Waals surface area (Å²) in [4.78, 5) is 0. The van der Waals surface area contributed by atoms with Crippen molar-refractivity contribution in [1.82, 2.24) is 14.6 Å². The first-order valence-corrected chi connectivity index (χ1v) is 6.61. The number of nitrogens with zero attached hydrogens (tertiary/aromatic N) is 4. The molecule has 0 unspecified atom stereocenters. The summed E-state index contributed by atoms with van der Waals surface area (Å²) in [5.74, 6) is 1.43. The molecule has 0 aliphatic carbocycles. The zero-order valence-corrected chi connectivity index (χ0v) is 12.1. The number of aromatic nitrogens is 3. The molecule has 6 heteroatoms. The van der Waals surface area contributed by atoms with Crippen LogP contribution < -0.4 is 4.74 Å². The van der Waals surface area contributed by atoms with Crippen molar-refractivity contribution in [2.24, 2.45) is 0 Å². The number of nitriles is 1. The van der Waals surface area contributed by atoms with Crippen LogP contribution in [0.5, 0.6) is 5.75 Å². The van der Waals surface area contributed by atoms with E-state index in [1.165, 1.54) is 0 Å². The van der Waals surface area contributed by atoms with Crippen LogP contribution in [0.1, 0.15) is 5.56 Å². The van der Waals surface area contributed by atoms with Crippen LogP contribution in [-0.2, 0) is 0 Å². The van der Waals surface area contributed by atoms with Crippen molar-refractivity contribution in [2.45, 2.75) is 0 Å². The molecule has 2 aromatic heterocycles. The van der Waals surface area contributed by atoms with Crippen LogP contribution in [-0.4, -0.2) is 21.7 Å². The SMILES string of the molecule is COc1ccc(Br)c(-c2nnc3cc(C#N)ccn23)c1. The number of hydrogen-bond acceptors (Lipinski definition) is 4. The van der Waals surface area contributed by atoms with Crippen molar-refractivity contribution in [3.05, 3.63) is 46.6 Å². The van der Waals surface area contributed by atoms with Gasteiger partial charge in [0.15, 0.2) is 11.5 Å². The minimum absolute atomic E-state index is 0.557. The molecule has 3 rings (SSSR count). The van der Waals surface area contributed by atoms with Crippen LogP contribution >= 0.6 is 15.9 Å². The van der Waals surface area contributed by atoms with E-state index < -0.39 is 0 Å². The number of ether oxygens (including phenoxy) is 1. The highest BCUT2D eigenvalue weighted by atomic mass is 79.9. The molecule has 1 aromatic carbocycles. The van der Waals surface area contributed by atoms with Crippen molar-refractivity contribution >= 4 is 21.6 Å². The number of methoxy groups -OCH3 is 1. The van der Waals surface area contributed by atoms with Gasteiger partial charge in [-0.15, -0.1) is 10.2 Å². The lowest BCUT2D eigenvalue weighted by Crippen LogP contribution is -1.92. The lowest BCUT2D eigenvalue weighted by Gasteiger charge is -2.06. The van der Waals surface area contributed by atoms with Gasteiger partial charge in [0.2, 0.25) is 0 Å². The molecule has 5 nitrogen and oxygen atoms in total. The van der Waals surface area contributed by atoms with Gasteiger partial charge in [-0.2, -0.15) is 5.26 Å². The molecule has 0 bridgehead atoms. The highest BCUT2D eigenvalue weighted by Crippen LogP contribution is 2.30. The van der Waals surface area contributed by atoms with Gasteiger partial charge in [-0.1, -0.05) is 15.9 Å². The van der Waals surface area contributed by atoms with Crippen molar-refractivity contribution in [3.8, 4) is 23.2 Å². The van der Waals surface area contributed by atoms with E-state index in [1.807, 2.05) is 22.6 Å². The van der Waals surface area contributed by atoms with Gasteiger partial charge >= 0.3 is 0 Å². The standard InChI is InChI=1S/C14H9BrN4O/c1-20-10-2-3-12(15)11(7-10)14-18-17-13-6-9(8-16)4-5-19(13)14/h2-7H,1H3. The molecule has 0 N–H and O–H groups in total. The zero-order chi connectivity index (χ0) is 14.1. The number of pyridine rings is 1. The molecule has 3 aromatic rings. The summed E-state index contributed by atoms with van der Waals surface area (Å²) in [6, 6.07) is 11.2. The number of rotatable bonds is 2. The van der Waals surface area contributed by atoms with Gasteiger partial charge in [-0.05, 0) is 24.3 Å². The predicted molar refractivity (Wildman–Crippen MR) is 77.4 cm³/mol. The lowest BCUT2D eigenvalue weighted by atomic mass is 10.2. The fraction of sp³-hybridized carbons (Fsp3) is 0.0714. The summed E-state index contributed by atoms with van der Waals surface area (Å²) in [6.07, 6.45) is 1.79. The van der Waals surface area contributed by atoms with E-state index in [0.717, 1.165) is 15.8 Å². The molecule has 0 aliphatic heterocycles. The first kappa shape index (κ1) is 12.6. The van der Waals surface area contributed by atoms with Gasteiger partial charge in [0, 0.05) is 22.3 Å². The molecule has 0 fully saturated rings. The molecule has 2 heterocycles. The number of halogens is 1. The Kier molecular flexibility index (Phi) is 3.12. The van der Waals surface area contributed by atoms with Crippen LogP contribution in [0, 0.1) is 11.3 Å². The fourth-order valence-corrected chi connectivity index (χ4v) is 2.37. The zero-order valence-electron chi connectivity index (χ0n) is 10.5. The topological polar surface area (TPSA) is 63.2 Å². The second-order valence-electron chi connectivity index (χ2n) is 4.12. The number of fused-ring (bicyclic) bond motifs is 1. The normalized spacial score (nSPS) is 10.4. The predicted octanol–water partition coefficient (Wildman–Crippen LogP) is 3.04. The van der Waals surface area contributed by atoms with Gasteiger partial charge < -0.3 is 4.74 Å². The molecule has 98 valence electrons. The number of hydrogen-bond donors (Lipinski definition) is 0. The molecule has 0 saturated heterocycles.